The Morgan fingerprint density at radius 1 is 1.18 bits per heavy atom. The van der Waals surface area contributed by atoms with Crippen LogP contribution >= 0.6 is 0 Å². The summed E-state index contributed by atoms with van der Waals surface area (Å²) in [6.45, 7) is 2.98. The van der Waals surface area contributed by atoms with Gasteiger partial charge in [-0.3, -0.25) is 9.78 Å². The number of aliphatic hydroxyl groups is 1. The van der Waals surface area contributed by atoms with Gasteiger partial charge in [-0.05, 0) is 79.5 Å². The van der Waals surface area contributed by atoms with Gasteiger partial charge in [-0.25, -0.2) is 0 Å². The number of rotatable bonds is 4. The summed E-state index contributed by atoms with van der Waals surface area (Å²) in [5.41, 5.74) is 5.63. The second-order valence-corrected chi connectivity index (χ2v) is 9.42. The van der Waals surface area contributed by atoms with E-state index in [0.29, 0.717) is 18.8 Å². The number of carbonyl (C=O) groups excluding carboxylic acids is 1. The molecule has 2 aliphatic rings. The third kappa shape index (κ3) is 4.31. The molecular formula is C28H30N2O3. The van der Waals surface area contributed by atoms with Crippen LogP contribution in [0.3, 0.4) is 0 Å². The molecule has 3 aromatic rings. The number of nitrogens with one attached hydrogen (secondary N) is 1. The first-order valence-electron chi connectivity index (χ1n) is 11.7. The van der Waals surface area contributed by atoms with Crippen LogP contribution in [0.4, 0.5) is 5.69 Å². The highest BCUT2D eigenvalue weighted by Crippen LogP contribution is 2.49. The number of amides is 1. The predicted octanol–water partition coefficient (Wildman–Crippen LogP) is 4.81. The summed E-state index contributed by atoms with van der Waals surface area (Å²) in [6.07, 6.45) is 4.78. The van der Waals surface area contributed by atoms with Crippen molar-refractivity contribution in [1.29, 1.82) is 0 Å². The maximum atomic E-state index is 13.0. The Kier molecular flexibility index (Phi) is 6.00. The number of anilines is 1. The Balaban J connectivity index is 1.51. The Morgan fingerprint density at radius 2 is 2.03 bits per heavy atom. The molecule has 2 N–H and O–H groups in total. The summed E-state index contributed by atoms with van der Waals surface area (Å²) in [5.74, 6) is 0.0892. The number of carbonyl (C=O) groups is 1. The van der Waals surface area contributed by atoms with E-state index in [9.17, 15) is 9.90 Å². The lowest BCUT2D eigenvalue weighted by Crippen LogP contribution is -2.45. The van der Waals surface area contributed by atoms with Crippen molar-refractivity contribution in [3.05, 3.63) is 94.8 Å². The molecule has 170 valence electrons. The molecule has 0 spiro atoms. The van der Waals surface area contributed by atoms with Gasteiger partial charge in [-0.2, -0.15) is 0 Å². The van der Waals surface area contributed by atoms with Crippen molar-refractivity contribution in [1.82, 2.24) is 4.98 Å². The van der Waals surface area contributed by atoms with Crippen LogP contribution in [0.25, 0.3) is 0 Å². The van der Waals surface area contributed by atoms with Gasteiger partial charge < -0.3 is 15.2 Å². The molecule has 0 radical (unpaired) electrons. The molecule has 5 nitrogen and oxygen atoms in total. The molecule has 1 saturated carbocycles. The first-order chi connectivity index (χ1) is 16.0. The topological polar surface area (TPSA) is 71.5 Å². The smallest absolute Gasteiger partial charge is 0.255 e. The summed E-state index contributed by atoms with van der Waals surface area (Å²) in [5, 5.41) is 13.4. The van der Waals surface area contributed by atoms with E-state index in [-0.39, 0.29) is 23.3 Å². The SMILES string of the molecule is Cc1ncccc1NC(=O)c1ccc2c(c1)COCC1CC(O)CCC21Cc1ccccc1. The predicted molar refractivity (Wildman–Crippen MR) is 128 cm³/mol. The maximum Gasteiger partial charge on any atom is 0.255 e. The van der Waals surface area contributed by atoms with Gasteiger partial charge in [-0.1, -0.05) is 36.4 Å². The summed E-state index contributed by atoms with van der Waals surface area (Å²) in [4.78, 5) is 17.3. The quantitative estimate of drug-likeness (QED) is 0.608. The van der Waals surface area contributed by atoms with E-state index in [0.717, 1.165) is 42.6 Å². The van der Waals surface area contributed by atoms with Gasteiger partial charge >= 0.3 is 0 Å². The van der Waals surface area contributed by atoms with Crippen molar-refractivity contribution in [2.45, 2.75) is 50.7 Å². The molecule has 1 aromatic heterocycles. The fourth-order valence-electron chi connectivity index (χ4n) is 5.63. The zero-order chi connectivity index (χ0) is 22.8. The lowest BCUT2D eigenvalue weighted by atomic mass is 9.59. The molecule has 0 bridgehead atoms. The highest BCUT2D eigenvalue weighted by molar-refractivity contribution is 6.04. The highest BCUT2D eigenvalue weighted by atomic mass is 16.5. The van der Waals surface area contributed by atoms with Crippen molar-refractivity contribution >= 4 is 11.6 Å². The number of ether oxygens (including phenoxy) is 1. The second kappa shape index (κ2) is 9.08. The number of hydrogen-bond acceptors (Lipinski definition) is 4. The molecule has 2 aromatic carbocycles. The Hall–Kier alpha value is -3.02. The van der Waals surface area contributed by atoms with Crippen LogP contribution in [0.2, 0.25) is 0 Å². The van der Waals surface area contributed by atoms with Crippen LogP contribution in [0.5, 0.6) is 0 Å². The summed E-state index contributed by atoms with van der Waals surface area (Å²) < 4.78 is 6.12. The van der Waals surface area contributed by atoms with E-state index in [1.165, 1.54) is 11.1 Å². The van der Waals surface area contributed by atoms with E-state index in [1.54, 1.807) is 6.20 Å². The largest absolute Gasteiger partial charge is 0.393 e. The summed E-state index contributed by atoms with van der Waals surface area (Å²) in [6, 6.07) is 20.3. The molecule has 3 unspecified atom stereocenters. The third-order valence-corrected chi connectivity index (χ3v) is 7.36. The Morgan fingerprint density at radius 3 is 2.85 bits per heavy atom. The first-order valence-corrected chi connectivity index (χ1v) is 11.7. The average molecular weight is 443 g/mol. The average Bonchev–Trinajstić information content (AvgIpc) is 2.97. The molecule has 1 amide bonds. The minimum atomic E-state index is -0.281. The molecular weight excluding hydrogens is 412 g/mol. The van der Waals surface area contributed by atoms with E-state index in [4.69, 9.17) is 4.74 Å². The number of hydrogen-bond donors (Lipinski definition) is 2. The number of aromatic nitrogens is 1. The zero-order valence-corrected chi connectivity index (χ0v) is 19.0. The monoisotopic (exact) mass is 442 g/mol. The van der Waals surface area contributed by atoms with E-state index in [1.807, 2.05) is 37.3 Å². The van der Waals surface area contributed by atoms with Gasteiger partial charge in [0.1, 0.15) is 0 Å². The third-order valence-electron chi connectivity index (χ3n) is 7.36. The Labute approximate surface area is 194 Å². The molecule has 0 saturated heterocycles. The summed E-state index contributed by atoms with van der Waals surface area (Å²) in [7, 11) is 0. The molecule has 3 atom stereocenters. The van der Waals surface area contributed by atoms with Crippen LogP contribution < -0.4 is 5.32 Å². The molecule has 1 fully saturated rings. The minimum absolute atomic E-state index is 0.110. The number of aliphatic hydroxyl groups excluding tert-OH is 1. The summed E-state index contributed by atoms with van der Waals surface area (Å²) >= 11 is 0. The number of fused-ring (bicyclic) bond motifs is 3. The fraction of sp³-hybridized carbons (Fsp3) is 0.357. The highest BCUT2D eigenvalue weighted by Gasteiger charge is 2.46. The number of pyridine rings is 1. The van der Waals surface area contributed by atoms with Crippen molar-refractivity contribution in [2.24, 2.45) is 5.92 Å². The van der Waals surface area contributed by atoms with Gasteiger partial charge in [-0.15, -0.1) is 0 Å². The van der Waals surface area contributed by atoms with E-state index >= 15 is 0 Å². The molecule has 5 rings (SSSR count). The van der Waals surface area contributed by atoms with Crippen molar-refractivity contribution in [3.63, 3.8) is 0 Å². The maximum absolute atomic E-state index is 13.0. The van der Waals surface area contributed by atoms with Gasteiger partial charge in [0.25, 0.3) is 5.91 Å². The standard InChI is InChI=1S/C28H30N2O3/c1-19-26(8-5-13-29-19)30-27(32)21-9-10-25-22(14-21)17-33-18-23-15-24(31)11-12-28(23,25)16-20-6-3-2-4-7-20/h2-10,13-14,23-24,31H,11-12,15-18H2,1H3,(H,30,32). The van der Waals surface area contributed by atoms with Gasteiger partial charge in [0.2, 0.25) is 0 Å². The van der Waals surface area contributed by atoms with Crippen molar-refractivity contribution in [3.8, 4) is 0 Å². The zero-order valence-electron chi connectivity index (χ0n) is 19.0. The number of aryl methyl sites for hydroxylation is 1. The fourth-order valence-corrected chi connectivity index (χ4v) is 5.63. The van der Waals surface area contributed by atoms with E-state index < -0.39 is 0 Å². The van der Waals surface area contributed by atoms with Crippen LogP contribution in [-0.4, -0.2) is 28.7 Å². The van der Waals surface area contributed by atoms with Gasteiger partial charge in [0.15, 0.2) is 0 Å². The molecule has 1 aliphatic heterocycles. The molecule has 2 heterocycles. The number of nitrogens with zero attached hydrogens (tertiary/aromatic N) is 1. The Bertz CT molecular complexity index is 1150. The normalized spacial score (nSPS) is 24.3. The van der Waals surface area contributed by atoms with Crippen molar-refractivity contribution in [2.75, 3.05) is 11.9 Å². The van der Waals surface area contributed by atoms with Crippen LogP contribution in [0, 0.1) is 12.8 Å². The molecule has 1 aliphatic carbocycles. The van der Waals surface area contributed by atoms with Crippen LogP contribution in [0.1, 0.15) is 52.0 Å². The van der Waals surface area contributed by atoms with Crippen LogP contribution in [-0.2, 0) is 23.2 Å². The molecule has 33 heavy (non-hydrogen) atoms. The lowest BCUT2D eigenvalue weighted by Gasteiger charge is -2.46. The van der Waals surface area contributed by atoms with E-state index in [2.05, 4.69) is 40.6 Å². The lowest BCUT2D eigenvalue weighted by molar-refractivity contribution is 0.00164. The van der Waals surface area contributed by atoms with Gasteiger partial charge in [0.05, 0.1) is 30.7 Å². The van der Waals surface area contributed by atoms with Crippen LogP contribution in [0.15, 0.2) is 66.9 Å². The van der Waals surface area contributed by atoms with Gasteiger partial charge in [0, 0.05) is 17.2 Å². The number of benzene rings is 2. The second-order valence-electron chi connectivity index (χ2n) is 9.42. The molecule has 5 heteroatoms. The minimum Gasteiger partial charge on any atom is -0.393 e. The van der Waals surface area contributed by atoms with Crippen molar-refractivity contribution < 1.29 is 14.6 Å². The first kappa shape index (κ1) is 21.8.